The number of nitrogens with one attached hydrogen (secondary N) is 2. The first-order chi connectivity index (χ1) is 7.42. The predicted molar refractivity (Wildman–Crippen MR) is 65.5 cm³/mol. The van der Waals surface area contributed by atoms with E-state index in [4.69, 9.17) is 23.2 Å². The number of halogens is 2. The predicted octanol–water partition coefficient (Wildman–Crippen LogP) is 1.62. The monoisotopic (exact) mass is 282 g/mol. The average molecular weight is 283 g/mol. The molecule has 16 heavy (non-hydrogen) atoms. The minimum Gasteiger partial charge on any atom is -0.316 e. The fourth-order valence-corrected chi connectivity index (χ4v) is 2.90. The van der Waals surface area contributed by atoms with Crippen molar-refractivity contribution in [3.8, 4) is 0 Å². The van der Waals surface area contributed by atoms with Crippen molar-refractivity contribution in [1.82, 2.24) is 10.0 Å². The SMILES string of the molecule is CNCc1cc(Cl)cc(S(=O)(=O)NC)c1Cl. The van der Waals surface area contributed by atoms with E-state index in [2.05, 4.69) is 10.0 Å². The number of hydrogen-bond donors (Lipinski definition) is 2. The molecule has 1 rings (SSSR count). The molecule has 0 radical (unpaired) electrons. The standard InChI is InChI=1S/C9H12Cl2N2O2S/c1-12-5-6-3-7(10)4-8(9(6)11)16(14,15)13-2/h3-4,12-13H,5H2,1-2H3. The van der Waals surface area contributed by atoms with Gasteiger partial charge in [-0.3, -0.25) is 0 Å². The molecule has 0 amide bonds. The molecule has 4 nitrogen and oxygen atoms in total. The molecule has 0 saturated carbocycles. The molecule has 0 aliphatic heterocycles. The molecular formula is C9H12Cl2N2O2S. The summed E-state index contributed by atoms with van der Waals surface area (Å²) in [6, 6.07) is 2.96. The third kappa shape index (κ3) is 2.87. The highest BCUT2D eigenvalue weighted by molar-refractivity contribution is 7.89. The summed E-state index contributed by atoms with van der Waals surface area (Å²) in [7, 11) is -0.523. The highest BCUT2D eigenvalue weighted by Crippen LogP contribution is 2.29. The summed E-state index contributed by atoms with van der Waals surface area (Å²) in [5.41, 5.74) is 0.644. The fraction of sp³-hybridized carbons (Fsp3) is 0.333. The van der Waals surface area contributed by atoms with Crippen LogP contribution in [0.25, 0.3) is 0 Å². The van der Waals surface area contributed by atoms with Crippen molar-refractivity contribution in [3.63, 3.8) is 0 Å². The van der Waals surface area contributed by atoms with Crippen molar-refractivity contribution in [2.45, 2.75) is 11.4 Å². The lowest BCUT2D eigenvalue weighted by atomic mass is 10.2. The van der Waals surface area contributed by atoms with Crippen molar-refractivity contribution in [2.24, 2.45) is 0 Å². The zero-order valence-electron chi connectivity index (χ0n) is 8.84. The molecule has 0 fully saturated rings. The second kappa shape index (κ2) is 5.33. The lowest BCUT2D eigenvalue weighted by molar-refractivity contribution is 0.588. The largest absolute Gasteiger partial charge is 0.316 e. The molecule has 0 unspecified atom stereocenters. The lowest BCUT2D eigenvalue weighted by Gasteiger charge is -2.10. The third-order valence-electron chi connectivity index (χ3n) is 2.00. The van der Waals surface area contributed by atoms with E-state index in [-0.39, 0.29) is 9.92 Å². The highest BCUT2D eigenvalue weighted by atomic mass is 35.5. The smallest absolute Gasteiger partial charge is 0.241 e. The number of rotatable bonds is 4. The molecule has 0 aromatic heterocycles. The van der Waals surface area contributed by atoms with Gasteiger partial charge in [-0.2, -0.15) is 0 Å². The Balaban J connectivity index is 3.41. The van der Waals surface area contributed by atoms with Crippen LogP contribution >= 0.6 is 23.2 Å². The maximum absolute atomic E-state index is 11.7. The summed E-state index contributed by atoms with van der Waals surface area (Å²) in [5, 5.41) is 3.42. The van der Waals surface area contributed by atoms with Gasteiger partial charge in [-0.15, -0.1) is 0 Å². The van der Waals surface area contributed by atoms with Gasteiger partial charge in [-0.1, -0.05) is 23.2 Å². The summed E-state index contributed by atoms with van der Waals surface area (Å²) in [5.74, 6) is 0. The van der Waals surface area contributed by atoms with Gasteiger partial charge in [-0.25, -0.2) is 13.1 Å². The molecule has 0 atom stereocenters. The molecule has 0 heterocycles. The van der Waals surface area contributed by atoms with Crippen LogP contribution in [0, 0.1) is 0 Å². The van der Waals surface area contributed by atoms with Gasteiger partial charge in [0.1, 0.15) is 4.90 Å². The lowest BCUT2D eigenvalue weighted by Crippen LogP contribution is -2.20. The molecule has 0 saturated heterocycles. The van der Waals surface area contributed by atoms with Gasteiger partial charge >= 0.3 is 0 Å². The van der Waals surface area contributed by atoms with Crippen LogP contribution in [0.1, 0.15) is 5.56 Å². The van der Waals surface area contributed by atoms with E-state index < -0.39 is 10.0 Å². The molecule has 1 aromatic carbocycles. The van der Waals surface area contributed by atoms with E-state index in [1.54, 1.807) is 13.1 Å². The van der Waals surface area contributed by atoms with E-state index >= 15 is 0 Å². The highest BCUT2D eigenvalue weighted by Gasteiger charge is 2.19. The number of hydrogen-bond acceptors (Lipinski definition) is 3. The van der Waals surface area contributed by atoms with E-state index in [0.29, 0.717) is 17.1 Å². The second-order valence-electron chi connectivity index (χ2n) is 3.11. The number of sulfonamides is 1. The molecule has 7 heteroatoms. The normalized spacial score (nSPS) is 11.8. The maximum Gasteiger partial charge on any atom is 0.241 e. The van der Waals surface area contributed by atoms with E-state index in [1.165, 1.54) is 13.1 Å². The summed E-state index contributed by atoms with van der Waals surface area (Å²) < 4.78 is 25.5. The third-order valence-corrected chi connectivity index (χ3v) is 4.22. The Hall–Kier alpha value is -0.330. The molecule has 2 N–H and O–H groups in total. The summed E-state index contributed by atoms with van der Waals surface area (Å²) in [6.07, 6.45) is 0. The van der Waals surface area contributed by atoms with Crippen LogP contribution in [0.5, 0.6) is 0 Å². The Morgan fingerprint density at radius 1 is 1.25 bits per heavy atom. The van der Waals surface area contributed by atoms with Crippen LogP contribution in [0.4, 0.5) is 0 Å². The summed E-state index contributed by atoms with van der Waals surface area (Å²) >= 11 is 11.8. The Bertz CT molecular complexity index is 489. The summed E-state index contributed by atoms with van der Waals surface area (Å²) in [4.78, 5) is -0.00517. The van der Waals surface area contributed by atoms with Gasteiger partial charge in [0.2, 0.25) is 10.0 Å². The van der Waals surface area contributed by atoms with Crippen LogP contribution in [0.15, 0.2) is 17.0 Å². The van der Waals surface area contributed by atoms with Crippen LogP contribution in [0.2, 0.25) is 10.0 Å². The van der Waals surface area contributed by atoms with E-state index in [1.807, 2.05) is 0 Å². The molecule has 0 aliphatic rings. The number of benzene rings is 1. The van der Waals surface area contributed by atoms with Gasteiger partial charge in [0.05, 0.1) is 5.02 Å². The molecular weight excluding hydrogens is 271 g/mol. The topological polar surface area (TPSA) is 58.2 Å². The van der Waals surface area contributed by atoms with Crippen molar-refractivity contribution in [2.75, 3.05) is 14.1 Å². The Morgan fingerprint density at radius 3 is 2.38 bits per heavy atom. The molecule has 0 aliphatic carbocycles. The quantitative estimate of drug-likeness (QED) is 0.882. The average Bonchev–Trinajstić information content (AvgIpc) is 2.23. The van der Waals surface area contributed by atoms with Crippen LogP contribution < -0.4 is 10.0 Å². The first-order valence-electron chi connectivity index (χ1n) is 4.48. The molecule has 90 valence electrons. The van der Waals surface area contributed by atoms with Crippen molar-refractivity contribution in [3.05, 3.63) is 27.7 Å². The molecule has 0 spiro atoms. The van der Waals surface area contributed by atoms with E-state index in [9.17, 15) is 8.42 Å². The van der Waals surface area contributed by atoms with Gasteiger partial charge < -0.3 is 5.32 Å². The van der Waals surface area contributed by atoms with Gasteiger partial charge in [0.25, 0.3) is 0 Å². The van der Waals surface area contributed by atoms with E-state index in [0.717, 1.165) is 0 Å². The van der Waals surface area contributed by atoms with Crippen LogP contribution in [-0.2, 0) is 16.6 Å². The maximum atomic E-state index is 11.7. The fourth-order valence-electron chi connectivity index (χ4n) is 1.24. The minimum absolute atomic E-state index is 0.00517. The Labute approximate surface area is 105 Å². The van der Waals surface area contributed by atoms with Crippen molar-refractivity contribution < 1.29 is 8.42 Å². The zero-order valence-corrected chi connectivity index (χ0v) is 11.2. The second-order valence-corrected chi connectivity index (χ2v) is 5.78. The zero-order chi connectivity index (χ0) is 12.3. The van der Waals surface area contributed by atoms with Gasteiger partial charge in [-0.05, 0) is 31.8 Å². The Kier molecular flexibility index (Phi) is 4.58. The minimum atomic E-state index is -3.59. The molecule has 1 aromatic rings. The first kappa shape index (κ1) is 13.7. The first-order valence-corrected chi connectivity index (χ1v) is 6.72. The van der Waals surface area contributed by atoms with Crippen molar-refractivity contribution in [1.29, 1.82) is 0 Å². The van der Waals surface area contributed by atoms with Gasteiger partial charge in [0.15, 0.2) is 0 Å². The summed E-state index contributed by atoms with van der Waals surface area (Å²) in [6.45, 7) is 0.450. The molecule has 0 bridgehead atoms. The van der Waals surface area contributed by atoms with Crippen LogP contribution in [0.3, 0.4) is 0 Å². The van der Waals surface area contributed by atoms with Crippen LogP contribution in [-0.4, -0.2) is 22.5 Å². The van der Waals surface area contributed by atoms with Crippen molar-refractivity contribution >= 4 is 33.2 Å². The Morgan fingerprint density at radius 2 is 1.88 bits per heavy atom. The van der Waals surface area contributed by atoms with Gasteiger partial charge in [0, 0.05) is 11.6 Å².